The Morgan fingerprint density at radius 1 is 0.662 bits per heavy atom. The molecule has 0 amide bonds. The van der Waals surface area contributed by atoms with Gasteiger partial charge in [0.25, 0.3) is 0 Å². The van der Waals surface area contributed by atoms with Crippen molar-refractivity contribution in [3.63, 3.8) is 0 Å². The summed E-state index contributed by atoms with van der Waals surface area (Å²) in [6.07, 6.45) is 0.325. The molecule has 2 aromatic heterocycles. The number of hydrogen-bond acceptors (Lipinski definition) is 16. The largest absolute Gasteiger partial charge is 0.573 e. The fraction of sp³-hybridized carbons (Fsp3) is 0.512. The number of benzene rings is 2. The lowest BCUT2D eigenvalue weighted by Crippen LogP contribution is -2.33. The molecule has 2 aromatic carbocycles. The zero-order valence-corrected chi connectivity index (χ0v) is 35.0. The summed E-state index contributed by atoms with van der Waals surface area (Å²) in [5.74, 6) is 0.242. The Morgan fingerprint density at radius 2 is 1.05 bits per heavy atom. The van der Waals surface area contributed by atoms with Gasteiger partial charge < -0.3 is 41.4 Å². The van der Waals surface area contributed by atoms with Crippen LogP contribution in [-0.2, 0) is 13.1 Å². The summed E-state index contributed by atoms with van der Waals surface area (Å²) in [5.41, 5.74) is 5.84. The van der Waals surface area contributed by atoms with Gasteiger partial charge in [-0.25, -0.2) is 9.97 Å². The zero-order chi connectivity index (χ0) is 46.4. The average molecular weight is 925 g/mol. The quantitative estimate of drug-likeness (QED) is 0.0378. The second-order valence-electron chi connectivity index (χ2n) is 15.6. The number of nitrogens with two attached hydrogens (primary N) is 1. The molecule has 2 heterocycles. The van der Waals surface area contributed by atoms with Crippen LogP contribution in [0.1, 0.15) is 69.9 Å². The molecule has 6 N–H and O–H groups in total. The van der Waals surface area contributed by atoms with E-state index in [1.54, 1.807) is 12.1 Å². The van der Waals surface area contributed by atoms with Gasteiger partial charge in [0.1, 0.15) is 23.9 Å². The minimum atomic E-state index is -4.82. The lowest BCUT2D eigenvalue weighted by atomic mass is 9.85. The summed E-state index contributed by atoms with van der Waals surface area (Å²) in [5, 5.41) is 34.4. The first-order valence-electron chi connectivity index (χ1n) is 20.4. The molecule has 18 nitrogen and oxygen atoms in total. The van der Waals surface area contributed by atoms with Crippen molar-refractivity contribution in [3.8, 4) is 11.5 Å². The van der Waals surface area contributed by atoms with Crippen LogP contribution in [0.3, 0.4) is 0 Å². The minimum absolute atomic E-state index is 0. The molecule has 0 atom stereocenters. The van der Waals surface area contributed by atoms with Gasteiger partial charge in [0.2, 0.25) is 23.5 Å². The van der Waals surface area contributed by atoms with E-state index < -0.39 is 22.6 Å². The van der Waals surface area contributed by atoms with E-state index in [-0.39, 0.29) is 84.1 Å². The number of aromatic nitrogens is 4. The summed E-state index contributed by atoms with van der Waals surface area (Å²) in [6.45, 7) is 0.925. The number of nitrogens with one attached hydrogen (secondary N) is 4. The standard InChI is InChI=1S/C21H27F3N6O3.C19H23F3N6O3.CH4/c1-29(2)16-9-7-14(8-10-16)11-25-19-17(30(31)32)13-27-20(28-19)26-12-15-5-3-4-6-18(15)33-21(22,23)24;20-19(21,22)31-16-4-2-1-3-13(16)10-25-18-26-11-15(28(29)30)17(27-18)24-9-12-5-7-14(23)8-6-12;/h3-6,13-14,16H,7-12H2,1-2H3,(H2,25,26,27,28);1-4,11-12,14H,5-10,23H2,(H2,24,25,26,27);1H4. The van der Waals surface area contributed by atoms with E-state index in [0.29, 0.717) is 31.0 Å². The SMILES string of the molecule is C.CN(C)C1CCC(CNc2nc(NCc3ccccc3OC(F)(F)F)ncc2[N+](=O)[O-])CC1.NC1CCC(CNc2nc(NCc3ccccc3OC(F)(F)F)ncc2[N+](=O)[O-])CC1. The van der Waals surface area contributed by atoms with Crippen LogP contribution in [0.4, 0.5) is 61.2 Å². The third-order valence-electron chi connectivity index (χ3n) is 10.8. The lowest BCUT2D eigenvalue weighted by Gasteiger charge is -2.32. The topological polar surface area (TPSA) is 234 Å². The first kappa shape index (κ1) is 51.3. The van der Waals surface area contributed by atoms with Gasteiger partial charge in [-0.15, -0.1) is 26.3 Å². The number of halogens is 6. The van der Waals surface area contributed by atoms with Gasteiger partial charge in [0.05, 0.1) is 9.85 Å². The molecule has 0 aliphatic heterocycles. The first-order chi connectivity index (χ1) is 30.3. The number of rotatable bonds is 17. The third kappa shape index (κ3) is 16.6. The number of anilines is 4. The Hall–Kier alpha value is -6.30. The molecular formula is C41H54F6N12O6. The highest BCUT2D eigenvalue weighted by molar-refractivity contribution is 5.58. The molecule has 0 radical (unpaired) electrons. The zero-order valence-electron chi connectivity index (χ0n) is 35.0. The van der Waals surface area contributed by atoms with Crippen molar-refractivity contribution in [1.82, 2.24) is 24.8 Å². The van der Waals surface area contributed by atoms with Gasteiger partial charge in [-0.1, -0.05) is 43.8 Å². The monoisotopic (exact) mass is 924 g/mol. The lowest BCUT2D eigenvalue weighted by molar-refractivity contribution is -0.384. The summed E-state index contributed by atoms with van der Waals surface area (Å²) in [6, 6.07) is 12.1. The Morgan fingerprint density at radius 3 is 1.42 bits per heavy atom. The van der Waals surface area contributed by atoms with Crippen molar-refractivity contribution in [3.05, 3.63) is 92.3 Å². The maximum Gasteiger partial charge on any atom is 0.573 e. The summed E-state index contributed by atoms with van der Waals surface area (Å²) >= 11 is 0. The Bertz CT molecular complexity index is 2150. The van der Waals surface area contributed by atoms with Crippen LogP contribution in [0, 0.1) is 32.1 Å². The molecule has 24 heteroatoms. The van der Waals surface area contributed by atoms with Crippen LogP contribution in [0.25, 0.3) is 0 Å². The van der Waals surface area contributed by atoms with E-state index in [1.165, 1.54) is 36.4 Å². The highest BCUT2D eigenvalue weighted by Crippen LogP contribution is 2.32. The molecule has 0 spiro atoms. The molecule has 4 aromatic rings. The maximum atomic E-state index is 12.6. The van der Waals surface area contributed by atoms with Crippen LogP contribution >= 0.6 is 0 Å². The number of alkyl halides is 6. The molecular weight excluding hydrogens is 871 g/mol. The van der Waals surface area contributed by atoms with Crippen molar-refractivity contribution in [2.45, 2.75) is 96.7 Å². The van der Waals surface area contributed by atoms with Crippen LogP contribution in [-0.4, -0.2) is 86.7 Å². The maximum absolute atomic E-state index is 12.6. The van der Waals surface area contributed by atoms with E-state index in [4.69, 9.17) is 5.73 Å². The van der Waals surface area contributed by atoms with Crippen LogP contribution in [0.15, 0.2) is 60.9 Å². The molecule has 2 fully saturated rings. The fourth-order valence-corrected chi connectivity index (χ4v) is 7.29. The van der Waals surface area contributed by atoms with Crippen LogP contribution < -0.4 is 36.5 Å². The number of para-hydroxylation sites is 2. The van der Waals surface area contributed by atoms with Crippen molar-refractivity contribution in [2.75, 3.05) is 48.5 Å². The first-order valence-corrected chi connectivity index (χ1v) is 20.4. The van der Waals surface area contributed by atoms with Gasteiger partial charge in [0.15, 0.2) is 0 Å². The van der Waals surface area contributed by atoms with Crippen molar-refractivity contribution in [2.24, 2.45) is 17.6 Å². The smallest absolute Gasteiger partial charge is 0.405 e. The summed E-state index contributed by atoms with van der Waals surface area (Å²) in [4.78, 5) is 39.9. The predicted molar refractivity (Wildman–Crippen MR) is 231 cm³/mol. The number of nitro groups is 2. The number of hydrogen-bond donors (Lipinski definition) is 5. The summed E-state index contributed by atoms with van der Waals surface area (Å²) in [7, 11) is 4.13. The molecule has 0 unspecified atom stereocenters. The molecule has 65 heavy (non-hydrogen) atoms. The van der Waals surface area contributed by atoms with Crippen LogP contribution in [0.5, 0.6) is 11.5 Å². The second-order valence-corrected chi connectivity index (χ2v) is 15.6. The molecule has 0 saturated heterocycles. The molecule has 2 aliphatic carbocycles. The average Bonchev–Trinajstić information content (AvgIpc) is 3.24. The normalized spacial score (nSPS) is 18.6. The van der Waals surface area contributed by atoms with Gasteiger partial charge in [-0.05, 0) is 89.4 Å². The number of nitrogens with zero attached hydrogens (tertiary/aromatic N) is 7. The Labute approximate surface area is 371 Å². The number of ether oxygens (including phenoxy) is 2. The predicted octanol–water partition coefficient (Wildman–Crippen LogP) is 8.89. The molecule has 6 rings (SSSR count). The van der Waals surface area contributed by atoms with E-state index in [0.717, 1.165) is 63.8 Å². The van der Waals surface area contributed by atoms with E-state index >= 15 is 0 Å². The second kappa shape index (κ2) is 23.6. The van der Waals surface area contributed by atoms with Gasteiger partial charge >= 0.3 is 24.1 Å². The fourth-order valence-electron chi connectivity index (χ4n) is 7.29. The van der Waals surface area contributed by atoms with Gasteiger partial charge in [-0.3, -0.25) is 20.2 Å². The van der Waals surface area contributed by atoms with Crippen molar-refractivity contribution in [1.29, 1.82) is 0 Å². The third-order valence-corrected chi connectivity index (χ3v) is 10.8. The van der Waals surface area contributed by atoms with Crippen molar-refractivity contribution < 1.29 is 45.7 Å². The molecule has 356 valence electrons. The highest BCUT2D eigenvalue weighted by Gasteiger charge is 2.33. The minimum Gasteiger partial charge on any atom is -0.405 e. The van der Waals surface area contributed by atoms with Gasteiger partial charge in [-0.2, -0.15) is 9.97 Å². The van der Waals surface area contributed by atoms with E-state index in [1.807, 2.05) is 0 Å². The highest BCUT2D eigenvalue weighted by atomic mass is 19.4. The van der Waals surface area contributed by atoms with E-state index in [2.05, 4.69) is 69.7 Å². The van der Waals surface area contributed by atoms with Crippen molar-refractivity contribution >= 4 is 34.9 Å². The Kier molecular flexibility index (Phi) is 18.6. The van der Waals surface area contributed by atoms with Crippen LogP contribution in [0.2, 0.25) is 0 Å². The molecule has 0 bridgehead atoms. The molecule has 2 saturated carbocycles. The van der Waals surface area contributed by atoms with Gasteiger partial charge in [0, 0.05) is 49.4 Å². The molecule has 2 aliphatic rings. The Balaban J connectivity index is 0.000000281. The van der Waals surface area contributed by atoms with E-state index in [9.17, 15) is 46.6 Å². The summed E-state index contributed by atoms with van der Waals surface area (Å²) < 4.78 is 83.6.